The van der Waals surface area contributed by atoms with Gasteiger partial charge in [-0.15, -0.1) is 0 Å². The number of carbonyl (C=O) groups excluding carboxylic acids is 1. The van der Waals surface area contributed by atoms with E-state index in [0.717, 1.165) is 5.56 Å². The van der Waals surface area contributed by atoms with Gasteiger partial charge in [-0.05, 0) is 36.6 Å². The molecule has 25 heavy (non-hydrogen) atoms. The van der Waals surface area contributed by atoms with Gasteiger partial charge >= 0.3 is 6.03 Å². The largest absolute Gasteiger partial charge is 0.396 e. The van der Waals surface area contributed by atoms with Crippen LogP contribution in [-0.4, -0.2) is 33.9 Å². The highest BCUT2D eigenvalue weighted by atomic mass is 16.5. The van der Waals surface area contributed by atoms with Gasteiger partial charge in [0.05, 0.1) is 0 Å². The summed E-state index contributed by atoms with van der Waals surface area (Å²) in [7, 11) is 0. The quantitative estimate of drug-likeness (QED) is 0.713. The highest BCUT2D eigenvalue weighted by molar-refractivity contribution is 5.89. The van der Waals surface area contributed by atoms with Crippen molar-refractivity contribution >= 4 is 11.7 Å². The van der Waals surface area contributed by atoms with Gasteiger partial charge in [-0.2, -0.15) is 4.98 Å². The molecule has 0 radical (unpaired) electrons. The van der Waals surface area contributed by atoms with E-state index < -0.39 is 0 Å². The molecule has 7 nitrogen and oxygen atoms in total. The fourth-order valence-electron chi connectivity index (χ4n) is 2.33. The lowest BCUT2D eigenvalue weighted by Crippen LogP contribution is -2.41. The van der Waals surface area contributed by atoms with Crippen molar-refractivity contribution in [3.05, 3.63) is 30.1 Å². The third-order valence-corrected chi connectivity index (χ3v) is 3.91. The van der Waals surface area contributed by atoms with E-state index in [0.29, 0.717) is 23.8 Å². The zero-order valence-corrected chi connectivity index (χ0v) is 15.1. The summed E-state index contributed by atoms with van der Waals surface area (Å²) in [6, 6.07) is 6.84. The van der Waals surface area contributed by atoms with Crippen molar-refractivity contribution in [2.75, 3.05) is 11.9 Å². The van der Waals surface area contributed by atoms with Crippen molar-refractivity contribution < 1.29 is 14.4 Å². The number of nitrogens with one attached hydrogen (secondary N) is 2. The highest BCUT2D eigenvalue weighted by Crippen LogP contribution is 2.21. The van der Waals surface area contributed by atoms with E-state index in [1.165, 1.54) is 0 Å². The van der Waals surface area contributed by atoms with Crippen LogP contribution in [-0.2, 0) is 0 Å². The van der Waals surface area contributed by atoms with Gasteiger partial charge < -0.3 is 20.3 Å². The number of carbonyl (C=O) groups is 1. The zero-order chi connectivity index (χ0) is 18.4. The Kier molecular flexibility index (Phi) is 6.52. The Balaban J connectivity index is 1.98. The molecule has 1 aromatic carbocycles. The molecule has 0 aliphatic heterocycles. The van der Waals surface area contributed by atoms with Crippen molar-refractivity contribution in [3.8, 4) is 11.5 Å². The number of hydrogen-bond acceptors (Lipinski definition) is 5. The summed E-state index contributed by atoms with van der Waals surface area (Å²) in [5, 5.41) is 18.7. The number of nitrogens with zero attached hydrogens (tertiary/aromatic N) is 2. The number of aliphatic hydroxyl groups is 1. The molecule has 7 heteroatoms. The first-order valence-corrected chi connectivity index (χ1v) is 8.53. The molecular weight excluding hydrogens is 320 g/mol. The summed E-state index contributed by atoms with van der Waals surface area (Å²) in [5.74, 6) is 1.57. The second kappa shape index (κ2) is 8.62. The molecule has 1 heterocycles. The molecule has 0 saturated carbocycles. The predicted octanol–water partition coefficient (Wildman–Crippen LogP) is 3.39. The van der Waals surface area contributed by atoms with Crippen molar-refractivity contribution in [3.63, 3.8) is 0 Å². The minimum Gasteiger partial charge on any atom is -0.396 e. The summed E-state index contributed by atoms with van der Waals surface area (Å²) in [4.78, 5) is 16.4. The van der Waals surface area contributed by atoms with Gasteiger partial charge in [0.2, 0.25) is 0 Å². The van der Waals surface area contributed by atoms with E-state index >= 15 is 0 Å². The number of rotatable bonds is 7. The SMILES string of the molecule is CC(C)c1noc(-c2ccc(NC(=O)NC(CCO)C(C)C)cc2)n1. The molecule has 0 saturated heterocycles. The number of aliphatic hydroxyl groups excluding tert-OH is 1. The Labute approximate surface area is 147 Å². The van der Waals surface area contributed by atoms with E-state index in [2.05, 4.69) is 20.8 Å². The van der Waals surface area contributed by atoms with Gasteiger partial charge in [0.25, 0.3) is 5.89 Å². The van der Waals surface area contributed by atoms with Crippen LogP contribution in [0.2, 0.25) is 0 Å². The molecule has 0 spiro atoms. The molecule has 3 N–H and O–H groups in total. The van der Waals surface area contributed by atoms with Crippen LogP contribution < -0.4 is 10.6 Å². The topological polar surface area (TPSA) is 100 Å². The first kappa shape index (κ1) is 18.9. The normalized spacial score (nSPS) is 12.4. The van der Waals surface area contributed by atoms with E-state index in [1.54, 1.807) is 12.1 Å². The summed E-state index contributed by atoms with van der Waals surface area (Å²) < 4.78 is 5.25. The zero-order valence-electron chi connectivity index (χ0n) is 15.1. The minimum atomic E-state index is -0.292. The Morgan fingerprint density at radius 2 is 1.88 bits per heavy atom. The Bertz CT molecular complexity index is 680. The lowest BCUT2D eigenvalue weighted by molar-refractivity contribution is 0.227. The Morgan fingerprint density at radius 3 is 2.40 bits per heavy atom. The van der Waals surface area contributed by atoms with Gasteiger partial charge in [0.15, 0.2) is 5.82 Å². The number of hydrogen-bond donors (Lipinski definition) is 3. The van der Waals surface area contributed by atoms with Crippen LogP contribution in [0.4, 0.5) is 10.5 Å². The average Bonchev–Trinajstić information content (AvgIpc) is 3.05. The van der Waals surface area contributed by atoms with Crippen molar-refractivity contribution in [1.82, 2.24) is 15.5 Å². The molecule has 0 bridgehead atoms. The van der Waals surface area contributed by atoms with Crippen LogP contribution in [0.3, 0.4) is 0 Å². The third kappa shape index (κ3) is 5.29. The molecule has 2 rings (SSSR count). The molecule has 1 atom stereocenters. The number of benzene rings is 1. The molecule has 136 valence electrons. The molecule has 2 aromatic rings. The number of aromatic nitrogens is 2. The maximum absolute atomic E-state index is 12.1. The maximum atomic E-state index is 12.1. The molecule has 2 amide bonds. The van der Waals surface area contributed by atoms with Gasteiger partial charge in [-0.25, -0.2) is 4.79 Å². The fourth-order valence-corrected chi connectivity index (χ4v) is 2.33. The highest BCUT2D eigenvalue weighted by Gasteiger charge is 2.16. The minimum absolute atomic E-state index is 0.0420. The van der Waals surface area contributed by atoms with Crippen LogP contribution in [0, 0.1) is 5.92 Å². The van der Waals surface area contributed by atoms with E-state index in [4.69, 9.17) is 9.63 Å². The van der Waals surface area contributed by atoms with Gasteiger partial charge in [-0.3, -0.25) is 0 Å². The Hall–Kier alpha value is -2.41. The summed E-state index contributed by atoms with van der Waals surface area (Å²) >= 11 is 0. The smallest absolute Gasteiger partial charge is 0.319 e. The third-order valence-electron chi connectivity index (χ3n) is 3.91. The molecule has 1 unspecified atom stereocenters. The lowest BCUT2D eigenvalue weighted by Gasteiger charge is -2.21. The maximum Gasteiger partial charge on any atom is 0.319 e. The Morgan fingerprint density at radius 1 is 1.20 bits per heavy atom. The van der Waals surface area contributed by atoms with Gasteiger partial charge in [0, 0.05) is 29.8 Å². The van der Waals surface area contributed by atoms with Crippen molar-refractivity contribution in [2.45, 2.75) is 46.1 Å². The van der Waals surface area contributed by atoms with Gasteiger partial charge in [-0.1, -0.05) is 32.9 Å². The molecule has 0 aliphatic carbocycles. The van der Waals surface area contributed by atoms with E-state index in [1.807, 2.05) is 39.8 Å². The monoisotopic (exact) mass is 346 g/mol. The molecule has 0 fully saturated rings. The van der Waals surface area contributed by atoms with Crippen LogP contribution in [0.15, 0.2) is 28.8 Å². The predicted molar refractivity (Wildman–Crippen MR) is 96.3 cm³/mol. The number of urea groups is 1. The van der Waals surface area contributed by atoms with Crippen LogP contribution >= 0.6 is 0 Å². The fraction of sp³-hybridized carbons (Fsp3) is 0.500. The van der Waals surface area contributed by atoms with E-state index in [9.17, 15) is 4.79 Å². The molecular formula is C18H26N4O3. The second-order valence-electron chi connectivity index (χ2n) is 6.65. The second-order valence-corrected chi connectivity index (χ2v) is 6.65. The first-order valence-electron chi connectivity index (χ1n) is 8.53. The summed E-state index contributed by atoms with van der Waals surface area (Å²) in [6.07, 6.45) is 0.527. The first-order chi connectivity index (χ1) is 11.9. The van der Waals surface area contributed by atoms with E-state index in [-0.39, 0.29) is 30.5 Å². The lowest BCUT2D eigenvalue weighted by atomic mass is 10.0. The van der Waals surface area contributed by atoms with Crippen molar-refractivity contribution in [1.29, 1.82) is 0 Å². The standard InChI is InChI=1S/C18H26N4O3/c1-11(2)15(9-10-23)20-18(24)19-14-7-5-13(6-8-14)17-21-16(12(3)4)22-25-17/h5-8,11-12,15,23H,9-10H2,1-4H3,(H2,19,20,24). The van der Waals surface area contributed by atoms with Crippen LogP contribution in [0.5, 0.6) is 0 Å². The summed E-state index contributed by atoms with van der Waals surface area (Å²) in [6.45, 7) is 8.06. The van der Waals surface area contributed by atoms with Gasteiger partial charge in [0.1, 0.15) is 0 Å². The van der Waals surface area contributed by atoms with Crippen LogP contribution in [0.1, 0.15) is 45.9 Å². The summed E-state index contributed by atoms with van der Waals surface area (Å²) in [5.41, 5.74) is 1.46. The number of anilines is 1. The average molecular weight is 346 g/mol. The number of amides is 2. The molecule has 1 aromatic heterocycles. The molecule has 0 aliphatic rings. The van der Waals surface area contributed by atoms with Crippen LogP contribution in [0.25, 0.3) is 11.5 Å². The van der Waals surface area contributed by atoms with Crippen molar-refractivity contribution in [2.24, 2.45) is 5.92 Å².